The van der Waals surface area contributed by atoms with E-state index in [0.717, 1.165) is 25.7 Å². The molecule has 2 aromatic rings. The summed E-state index contributed by atoms with van der Waals surface area (Å²) in [5.41, 5.74) is 2.65. The van der Waals surface area contributed by atoms with Gasteiger partial charge in [-0.05, 0) is 90.0 Å². The van der Waals surface area contributed by atoms with Gasteiger partial charge < -0.3 is 19.3 Å². The number of rotatable bonds is 4. The van der Waals surface area contributed by atoms with E-state index in [2.05, 4.69) is 20.8 Å². The third kappa shape index (κ3) is 3.59. The molecule has 2 aliphatic carbocycles. The highest BCUT2D eigenvalue weighted by atomic mass is 16.5. The van der Waals surface area contributed by atoms with Crippen LogP contribution in [0.4, 0.5) is 0 Å². The first-order chi connectivity index (χ1) is 14.7. The SMILES string of the molecule is COc1ccc(OC(=O)c2cc3c(cc2OC)[C@@]2(C)CC[C@H](O)C(C)(C)[C@@H]2CC3)cc1. The van der Waals surface area contributed by atoms with Crippen LogP contribution in [0.5, 0.6) is 17.2 Å². The van der Waals surface area contributed by atoms with Gasteiger partial charge in [0.2, 0.25) is 0 Å². The Bertz CT molecular complexity index is 978. The van der Waals surface area contributed by atoms with Gasteiger partial charge in [0, 0.05) is 0 Å². The number of carbonyl (C=O) groups excluding carboxylic acids is 1. The number of carbonyl (C=O) groups is 1. The van der Waals surface area contributed by atoms with Gasteiger partial charge in [-0.25, -0.2) is 4.79 Å². The number of ether oxygens (including phenoxy) is 3. The van der Waals surface area contributed by atoms with Crippen LogP contribution in [0.25, 0.3) is 0 Å². The monoisotopic (exact) mass is 424 g/mol. The minimum atomic E-state index is -0.434. The molecule has 1 N–H and O–H groups in total. The van der Waals surface area contributed by atoms with E-state index < -0.39 is 5.97 Å². The van der Waals surface area contributed by atoms with Crippen molar-refractivity contribution in [3.63, 3.8) is 0 Å². The summed E-state index contributed by atoms with van der Waals surface area (Å²) in [6.07, 6.45) is 3.29. The number of aliphatic hydroxyl groups excluding tert-OH is 1. The smallest absolute Gasteiger partial charge is 0.347 e. The zero-order chi connectivity index (χ0) is 22.4. The standard InChI is InChI=1S/C26H32O5/c1-25(2)22-11-6-16-14-19(24(28)31-18-9-7-17(29-4)8-10-18)21(30-5)15-20(16)26(22,3)13-12-23(25)27/h7-10,14-15,22-23,27H,6,11-13H2,1-5H3/t22-,23-,26+/m0/s1. The maximum Gasteiger partial charge on any atom is 0.347 e. The van der Waals surface area contributed by atoms with Crippen LogP contribution in [0.1, 0.15) is 61.5 Å². The van der Waals surface area contributed by atoms with Gasteiger partial charge in [0.15, 0.2) is 0 Å². The third-order valence-corrected chi connectivity index (χ3v) is 7.70. The summed E-state index contributed by atoms with van der Waals surface area (Å²) in [6, 6.07) is 10.9. The Morgan fingerprint density at radius 2 is 1.68 bits per heavy atom. The van der Waals surface area contributed by atoms with Crippen LogP contribution in [-0.2, 0) is 11.8 Å². The molecular formula is C26H32O5. The van der Waals surface area contributed by atoms with Crippen molar-refractivity contribution in [2.75, 3.05) is 14.2 Å². The first-order valence-electron chi connectivity index (χ1n) is 11.0. The van der Waals surface area contributed by atoms with E-state index in [1.165, 1.54) is 11.1 Å². The van der Waals surface area contributed by atoms with Crippen molar-refractivity contribution >= 4 is 5.97 Å². The summed E-state index contributed by atoms with van der Waals surface area (Å²) in [6.45, 7) is 6.67. The van der Waals surface area contributed by atoms with E-state index in [-0.39, 0.29) is 16.9 Å². The summed E-state index contributed by atoms with van der Waals surface area (Å²) in [4.78, 5) is 13.0. The van der Waals surface area contributed by atoms with Crippen LogP contribution in [0, 0.1) is 11.3 Å². The van der Waals surface area contributed by atoms with E-state index in [1.54, 1.807) is 38.5 Å². The van der Waals surface area contributed by atoms with Gasteiger partial charge in [-0.15, -0.1) is 0 Å². The number of methoxy groups -OCH3 is 2. The average molecular weight is 425 g/mol. The van der Waals surface area contributed by atoms with Crippen molar-refractivity contribution in [2.45, 2.75) is 58.0 Å². The molecule has 4 rings (SSSR count). The molecule has 0 aromatic heterocycles. The lowest BCUT2D eigenvalue weighted by Crippen LogP contribution is -2.53. The zero-order valence-electron chi connectivity index (χ0n) is 19.0. The van der Waals surface area contributed by atoms with Crippen molar-refractivity contribution < 1.29 is 24.1 Å². The number of aliphatic hydroxyl groups is 1. The fraction of sp³-hybridized carbons (Fsp3) is 0.500. The van der Waals surface area contributed by atoms with E-state index in [9.17, 15) is 9.90 Å². The highest BCUT2D eigenvalue weighted by molar-refractivity contribution is 5.94. The van der Waals surface area contributed by atoms with Gasteiger partial charge in [-0.1, -0.05) is 20.8 Å². The molecule has 5 heteroatoms. The van der Waals surface area contributed by atoms with E-state index in [4.69, 9.17) is 14.2 Å². The quantitative estimate of drug-likeness (QED) is 0.557. The van der Waals surface area contributed by atoms with E-state index in [1.807, 2.05) is 12.1 Å². The molecule has 0 bridgehead atoms. The van der Waals surface area contributed by atoms with E-state index in [0.29, 0.717) is 28.7 Å². The zero-order valence-corrected chi connectivity index (χ0v) is 19.0. The number of aryl methyl sites for hydroxylation is 1. The van der Waals surface area contributed by atoms with Gasteiger partial charge in [0.05, 0.1) is 20.3 Å². The molecular weight excluding hydrogens is 392 g/mol. The van der Waals surface area contributed by atoms with Gasteiger partial charge in [-0.3, -0.25) is 0 Å². The topological polar surface area (TPSA) is 65.0 Å². The van der Waals surface area contributed by atoms with Crippen molar-refractivity contribution in [3.8, 4) is 17.2 Å². The summed E-state index contributed by atoms with van der Waals surface area (Å²) >= 11 is 0. The molecule has 2 aliphatic rings. The molecule has 1 saturated carbocycles. The molecule has 5 nitrogen and oxygen atoms in total. The Morgan fingerprint density at radius 3 is 2.32 bits per heavy atom. The molecule has 166 valence electrons. The normalized spacial score (nSPS) is 26.4. The van der Waals surface area contributed by atoms with Crippen LogP contribution in [-0.4, -0.2) is 31.4 Å². The largest absolute Gasteiger partial charge is 0.497 e. The fourth-order valence-electron chi connectivity index (χ4n) is 5.85. The highest BCUT2D eigenvalue weighted by Crippen LogP contribution is 2.57. The number of fused-ring (bicyclic) bond motifs is 3. The van der Waals surface area contributed by atoms with Crippen LogP contribution < -0.4 is 14.2 Å². The predicted molar refractivity (Wildman–Crippen MR) is 119 cm³/mol. The summed E-state index contributed by atoms with van der Waals surface area (Å²) in [7, 11) is 3.18. The molecule has 0 amide bonds. The summed E-state index contributed by atoms with van der Waals surface area (Å²) in [5, 5.41) is 10.6. The maximum absolute atomic E-state index is 13.0. The number of hydrogen-bond donors (Lipinski definition) is 1. The molecule has 0 saturated heterocycles. The summed E-state index contributed by atoms with van der Waals surface area (Å²) < 4.78 is 16.4. The Hall–Kier alpha value is -2.53. The lowest BCUT2D eigenvalue weighted by Gasteiger charge is -2.56. The minimum absolute atomic E-state index is 0.0536. The van der Waals surface area contributed by atoms with Gasteiger partial charge in [0.1, 0.15) is 22.8 Å². The second-order valence-electron chi connectivity index (χ2n) is 9.66. The second kappa shape index (κ2) is 7.86. The van der Waals surface area contributed by atoms with Gasteiger partial charge in [-0.2, -0.15) is 0 Å². The average Bonchev–Trinajstić information content (AvgIpc) is 2.76. The molecule has 0 radical (unpaired) electrons. The van der Waals surface area contributed by atoms with Crippen molar-refractivity contribution in [3.05, 3.63) is 53.1 Å². The minimum Gasteiger partial charge on any atom is -0.497 e. The third-order valence-electron chi connectivity index (χ3n) is 7.70. The fourth-order valence-corrected chi connectivity index (χ4v) is 5.85. The van der Waals surface area contributed by atoms with Gasteiger partial charge >= 0.3 is 5.97 Å². The Labute approximate surface area is 184 Å². The van der Waals surface area contributed by atoms with Gasteiger partial charge in [0.25, 0.3) is 0 Å². The first-order valence-corrected chi connectivity index (χ1v) is 11.0. The van der Waals surface area contributed by atoms with Crippen molar-refractivity contribution in [2.24, 2.45) is 11.3 Å². The Balaban J connectivity index is 1.68. The predicted octanol–water partition coefficient (Wildman–Crippen LogP) is 4.92. The first kappa shape index (κ1) is 21.7. The van der Waals surface area contributed by atoms with Crippen LogP contribution in [0.3, 0.4) is 0 Å². The number of benzene rings is 2. The molecule has 31 heavy (non-hydrogen) atoms. The Morgan fingerprint density at radius 1 is 1.00 bits per heavy atom. The van der Waals surface area contributed by atoms with Crippen LogP contribution in [0.2, 0.25) is 0 Å². The second-order valence-corrected chi connectivity index (χ2v) is 9.66. The maximum atomic E-state index is 13.0. The Kier molecular flexibility index (Phi) is 5.50. The molecule has 0 unspecified atom stereocenters. The molecule has 0 aliphatic heterocycles. The lowest BCUT2D eigenvalue weighted by molar-refractivity contribution is -0.0731. The van der Waals surface area contributed by atoms with Crippen molar-refractivity contribution in [1.29, 1.82) is 0 Å². The number of esters is 1. The molecule has 3 atom stereocenters. The number of hydrogen-bond acceptors (Lipinski definition) is 5. The molecule has 0 spiro atoms. The molecule has 1 fully saturated rings. The molecule has 2 aromatic carbocycles. The lowest BCUT2D eigenvalue weighted by atomic mass is 9.49. The van der Waals surface area contributed by atoms with E-state index >= 15 is 0 Å². The summed E-state index contributed by atoms with van der Waals surface area (Å²) in [5.74, 6) is 1.63. The van der Waals surface area contributed by atoms with Crippen LogP contribution in [0.15, 0.2) is 36.4 Å². The van der Waals surface area contributed by atoms with Crippen molar-refractivity contribution in [1.82, 2.24) is 0 Å². The molecule has 0 heterocycles. The highest BCUT2D eigenvalue weighted by Gasteiger charge is 2.53. The van der Waals surface area contributed by atoms with Crippen LogP contribution >= 0.6 is 0 Å².